The maximum atomic E-state index is 11.2. The molecule has 0 aliphatic heterocycles. The van der Waals surface area contributed by atoms with Crippen LogP contribution in [0.1, 0.15) is 54.5 Å². The van der Waals surface area contributed by atoms with E-state index in [4.69, 9.17) is 0 Å². The number of hydrogen-bond donors (Lipinski definition) is 2. The van der Waals surface area contributed by atoms with Crippen LogP contribution >= 0.6 is 0 Å². The first-order valence-corrected chi connectivity index (χ1v) is 7.97. The number of carbonyl (C=O) groups is 1. The normalized spacial score (nSPS) is 10.9. The Morgan fingerprint density at radius 2 is 1.74 bits per heavy atom. The van der Waals surface area contributed by atoms with Gasteiger partial charge in [-0.2, -0.15) is 0 Å². The van der Waals surface area contributed by atoms with E-state index >= 15 is 0 Å². The second-order valence-electron chi connectivity index (χ2n) is 6.49. The van der Waals surface area contributed by atoms with Crippen LogP contribution in [0.25, 0.3) is 0 Å². The van der Waals surface area contributed by atoms with Gasteiger partial charge in [0.05, 0.1) is 0 Å². The van der Waals surface area contributed by atoms with Crippen LogP contribution in [0.3, 0.4) is 0 Å². The van der Waals surface area contributed by atoms with Crippen molar-refractivity contribution in [3.63, 3.8) is 0 Å². The van der Waals surface area contributed by atoms with Crippen LogP contribution in [0.15, 0.2) is 30.3 Å². The van der Waals surface area contributed by atoms with Gasteiger partial charge in [0.15, 0.2) is 0 Å². The quantitative estimate of drug-likeness (QED) is 0.861. The molecule has 0 saturated heterocycles. The highest BCUT2D eigenvalue weighted by Gasteiger charge is 2.10. The van der Waals surface area contributed by atoms with E-state index in [1.807, 2.05) is 18.2 Å². The lowest BCUT2D eigenvalue weighted by atomic mass is 9.92. The average molecular weight is 311 g/mol. The number of carbonyl (C=O) groups excluding carboxylic acids is 1. The topological polar surface area (TPSA) is 49.3 Å². The summed E-state index contributed by atoms with van der Waals surface area (Å²) < 4.78 is 0. The molecule has 122 valence electrons. The number of rotatable bonds is 4. The number of phenols is 1. The van der Waals surface area contributed by atoms with Gasteiger partial charge >= 0.3 is 0 Å². The van der Waals surface area contributed by atoms with Gasteiger partial charge in [-0.25, -0.2) is 0 Å². The molecule has 0 unspecified atom stereocenters. The van der Waals surface area contributed by atoms with Gasteiger partial charge in [0.2, 0.25) is 5.91 Å². The van der Waals surface area contributed by atoms with Crippen LogP contribution in [0.5, 0.6) is 5.75 Å². The molecule has 23 heavy (non-hydrogen) atoms. The van der Waals surface area contributed by atoms with E-state index in [2.05, 4.69) is 39.1 Å². The van der Waals surface area contributed by atoms with E-state index < -0.39 is 0 Å². The zero-order valence-electron chi connectivity index (χ0n) is 14.5. The van der Waals surface area contributed by atoms with Gasteiger partial charge in [0.1, 0.15) is 5.75 Å². The van der Waals surface area contributed by atoms with E-state index in [9.17, 15) is 9.90 Å². The van der Waals surface area contributed by atoms with Gasteiger partial charge in [-0.15, -0.1) is 0 Å². The van der Waals surface area contributed by atoms with Crippen molar-refractivity contribution in [2.75, 3.05) is 5.32 Å². The van der Waals surface area contributed by atoms with Crippen molar-refractivity contribution in [3.8, 4) is 5.75 Å². The Morgan fingerprint density at radius 3 is 2.26 bits per heavy atom. The van der Waals surface area contributed by atoms with Gasteiger partial charge in [-0.3, -0.25) is 4.79 Å². The van der Waals surface area contributed by atoms with Crippen LogP contribution in [-0.4, -0.2) is 11.0 Å². The van der Waals surface area contributed by atoms with Crippen LogP contribution < -0.4 is 5.32 Å². The minimum Gasteiger partial charge on any atom is -0.508 e. The highest BCUT2D eigenvalue weighted by Crippen LogP contribution is 2.29. The number of aryl methyl sites for hydroxylation is 2. The first-order valence-electron chi connectivity index (χ1n) is 7.97. The summed E-state index contributed by atoms with van der Waals surface area (Å²) in [6.45, 7) is 9.81. The van der Waals surface area contributed by atoms with Gasteiger partial charge in [0, 0.05) is 12.6 Å². The van der Waals surface area contributed by atoms with E-state index in [1.54, 1.807) is 6.07 Å². The predicted octanol–water partition coefficient (Wildman–Crippen LogP) is 4.68. The number of aromatic hydroxyl groups is 1. The summed E-state index contributed by atoms with van der Waals surface area (Å²) in [5.74, 6) is 0.592. The molecule has 0 radical (unpaired) electrons. The fraction of sp³-hybridized carbons (Fsp3) is 0.350. The Bertz CT molecular complexity index is 709. The molecule has 1 amide bonds. The second kappa shape index (κ2) is 6.86. The van der Waals surface area contributed by atoms with Crippen molar-refractivity contribution >= 4 is 11.6 Å². The van der Waals surface area contributed by atoms with Crippen LogP contribution in [-0.2, 0) is 11.2 Å². The van der Waals surface area contributed by atoms with Crippen molar-refractivity contribution in [3.05, 3.63) is 58.1 Å². The third-order valence-corrected chi connectivity index (χ3v) is 4.11. The molecule has 3 nitrogen and oxygen atoms in total. The third-order valence-electron chi connectivity index (χ3n) is 4.11. The summed E-state index contributed by atoms with van der Waals surface area (Å²) in [6.07, 6.45) is 0.817. The highest BCUT2D eigenvalue weighted by atomic mass is 16.3. The van der Waals surface area contributed by atoms with Gasteiger partial charge in [0.25, 0.3) is 0 Å². The summed E-state index contributed by atoms with van der Waals surface area (Å²) in [4.78, 5) is 11.2. The van der Waals surface area contributed by atoms with E-state index in [0.717, 1.165) is 28.8 Å². The summed E-state index contributed by atoms with van der Waals surface area (Å²) in [5, 5.41) is 12.8. The molecular weight excluding hydrogens is 286 g/mol. The Labute approximate surface area is 138 Å². The maximum absolute atomic E-state index is 11.2. The zero-order chi connectivity index (χ0) is 17.1. The first-order chi connectivity index (χ1) is 10.8. The number of anilines is 1. The largest absolute Gasteiger partial charge is 0.508 e. The summed E-state index contributed by atoms with van der Waals surface area (Å²) in [7, 11) is 0. The molecule has 0 aliphatic carbocycles. The minimum absolute atomic E-state index is 0.0586. The van der Waals surface area contributed by atoms with Crippen molar-refractivity contribution in [2.45, 2.75) is 47.0 Å². The Balaban J connectivity index is 2.33. The molecule has 0 atom stereocenters. The molecule has 0 bridgehead atoms. The third kappa shape index (κ3) is 4.13. The van der Waals surface area contributed by atoms with Gasteiger partial charge in [-0.1, -0.05) is 26.0 Å². The molecule has 2 rings (SSSR count). The number of phenolic OH excluding ortho intramolecular Hbond substituents is 1. The van der Waals surface area contributed by atoms with E-state index in [0.29, 0.717) is 11.7 Å². The second-order valence-corrected chi connectivity index (χ2v) is 6.49. The SMILES string of the molecule is CC(=O)Nc1cc(C)c(Cc2ccc(O)c(C(C)C)c2)c(C)c1. The number of benzene rings is 2. The predicted molar refractivity (Wildman–Crippen MR) is 95.2 cm³/mol. The minimum atomic E-state index is -0.0586. The maximum Gasteiger partial charge on any atom is 0.221 e. The Kier molecular flexibility index (Phi) is 5.09. The summed E-state index contributed by atoms with van der Waals surface area (Å²) >= 11 is 0. The zero-order valence-corrected chi connectivity index (χ0v) is 14.5. The fourth-order valence-electron chi connectivity index (χ4n) is 2.93. The molecular formula is C20H25NO2. The van der Waals surface area contributed by atoms with Gasteiger partial charge in [-0.05, 0) is 72.2 Å². The number of amides is 1. The molecule has 0 spiro atoms. The molecule has 2 aromatic carbocycles. The Morgan fingerprint density at radius 1 is 1.13 bits per heavy atom. The van der Waals surface area contributed by atoms with Crippen LogP contribution in [0.2, 0.25) is 0 Å². The molecule has 0 heterocycles. The summed E-state index contributed by atoms with van der Waals surface area (Å²) in [6, 6.07) is 9.85. The molecule has 2 aromatic rings. The van der Waals surface area contributed by atoms with Crippen molar-refractivity contribution < 1.29 is 9.90 Å². The number of nitrogens with one attached hydrogen (secondary N) is 1. The highest BCUT2D eigenvalue weighted by molar-refractivity contribution is 5.89. The Hall–Kier alpha value is -2.29. The molecule has 0 aromatic heterocycles. The van der Waals surface area contributed by atoms with Crippen LogP contribution in [0.4, 0.5) is 5.69 Å². The average Bonchev–Trinajstić information content (AvgIpc) is 2.43. The molecule has 0 aliphatic rings. The van der Waals surface area contributed by atoms with Crippen molar-refractivity contribution in [2.24, 2.45) is 0 Å². The number of hydrogen-bond acceptors (Lipinski definition) is 2. The van der Waals surface area contributed by atoms with Crippen LogP contribution in [0, 0.1) is 13.8 Å². The van der Waals surface area contributed by atoms with Gasteiger partial charge < -0.3 is 10.4 Å². The lowest BCUT2D eigenvalue weighted by molar-refractivity contribution is -0.114. The lowest BCUT2D eigenvalue weighted by Crippen LogP contribution is -2.07. The molecule has 0 fully saturated rings. The van der Waals surface area contributed by atoms with E-state index in [1.165, 1.54) is 18.1 Å². The lowest BCUT2D eigenvalue weighted by Gasteiger charge is -2.15. The van der Waals surface area contributed by atoms with Crippen molar-refractivity contribution in [1.29, 1.82) is 0 Å². The monoisotopic (exact) mass is 311 g/mol. The first kappa shape index (κ1) is 17.1. The fourth-order valence-corrected chi connectivity index (χ4v) is 2.93. The smallest absolute Gasteiger partial charge is 0.221 e. The summed E-state index contributed by atoms with van der Waals surface area (Å²) in [5.41, 5.74) is 6.59. The molecule has 3 heteroatoms. The van der Waals surface area contributed by atoms with Crippen molar-refractivity contribution in [1.82, 2.24) is 0 Å². The van der Waals surface area contributed by atoms with E-state index in [-0.39, 0.29) is 5.91 Å². The standard InChI is InChI=1S/C20H25NO2/c1-12(2)18-10-16(6-7-20(18)23)11-19-13(3)8-17(9-14(19)4)21-15(5)22/h6-10,12,23H,11H2,1-5H3,(H,21,22). The molecule has 2 N–H and O–H groups in total. The molecule has 0 saturated carbocycles.